The summed E-state index contributed by atoms with van der Waals surface area (Å²) >= 11 is 6.22. The Morgan fingerprint density at radius 2 is 1.88 bits per heavy atom. The topological polar surface area (TPSA) is 38.9 Å². The molecule has 130 valence electrons. The molecule has 0 amide bonds. The molecule has 1 aliphatic carbocycles. The SMILES string of the molecule is CCCCCCC1CCC(c2noc(-c3ccccc3Cl)n2)CC1. The van der Waals surface area contributed by atoms with Crippen LogP contribution < -0.4 is 0 Å². The van der Waals surface area contributed by atoms with E-state index in [4.69, 9.17) is 16.1 Å². The van der Waals surface area contributed by atoms with E-state index < -0.39 is 0 Å². The van der Waals surface area contributed by atoms with Crippen LogP contribution in [0.3, 0.4) is 0 Å². The average molecular weight is 347 g/mol. The fourth-order valence-electron chi connectivity index (χ4n) is 3.71. The maximum atomic E-state index is 6.22. The number of halogens is 1. The molecule has 3 nitrogen and oxygen atoms in total. The number of aromatic nitrogens is 2. The van der Waals surface area contributed by atoms with Gasteiger partial charge in [-0.2, -0.15) is 4.98 Å². The Kier molecular flexibility index (Phi) is 6.30. The molecule has 0 N–H and O–H groups in total. The van der Waals surface area contributed by atoms with Gasteiger partial charge in [0.25, 0.3) is 5.89 Å². The summed E-state index contributed by atoms with van der Waals surface area (Å²) < 4.78 is 5.46. The minimum Gasteiger partial charge on any atom is -0.334 e. The minimum atomic E-state index is 0.442. The first kappa shape index (κ1) is 17.5. The van der Waals surface area contributed by atoms with E-state index in [1.165, 1.54) is 57.8 Å². The Morgan fingerprint density at radius 1 is 1.08 bits per heavy atom. The van der Waals surface area contributed by atoms with Crippen molar-refractivity contribution in [1.29, 1.82) is 0 Å². The molecule has 0 atom stereocenters. The number of nitrogens with zero attached hydrogens (tertiary/aromatic N) is 2. The van der Waals surface area contributed by atoms with Crippen molar-refractivity contribution in [2.24, 2.45) is 5.92 Å². The molecule has 2 aromatic rings. The highest BCUT2D eigenvalue weighted by Gasteiger charge is 2.26. The monoisotopic (exact) mass is 346 g/mol. The van der Waals surface area contributed by atoms with Crippen molar-refractivity contribution in [3.8, 4) is 11.5 Å². The van der Waals surface area contributed by atoms with Crippen LogP contribution in [0.2, 0.25) is 5.02 Å². The lowest BCUT2D eigenvalue weighted by atomic mass is 9.79. The van der Waals surface area contributed by atoms with E-state index >= 15 is 0 Å². The highest BCUT2D eigenvalue weighted by atomic mass is 35.5. The third kappa shape index (κ3) is 4.38. The van der Waals surface area contributed by atoms with Gasteiger partial charge in [-0.3, -0.25) is 0 Å². The van der Waals surface area contributed by atoms with Gasteiger partial charge in [0.05, 0.1) is 10.6 Å². The van der Waals surface area contributed by atoms with Gasteiger partial charge in [-0.15, -0.1) is 0 Å². The van der Waals surface area contributed by atoms with Gasteiger partial charge in [0.2, 0.25) is 0 Å². The second-order valence-electron chi connectivity index (χ2n) is 7.00. The predicted molar refractivity (Wildman–Crippen MR) is 98.2 cm³/mol. The Bertz CT molecular complexity index is 632. The number of hydrogen-bond donors (Lipinski definition) is 0. The molecular formula is C20H27ClN2O. The molecule has 24 heavy (non-hydrogen) atoms. The molecule has 0 radical (unpaired) electrons. The van der Waals surface area contributed by atoms with Gasteiger partial charge in [0.15, 0.2) is 5.82 Å². The summed E-state index contributed by atoms with van der Waals surface area (Å²) in [6, 6.07) is 7.62. The van der Waals surface area contributed by atoms with E-state index in [9.17, 15) is 0 Å². The fraction of sp³-hybridized carbons (Fsp3) is 0.600. The Morgan fingerprint density at radius 3 is 2.62 bits per heavy atom. The van der Waals surface area contributed by atoms with Crippen LogP contribution in [0.1, 0.15) is 76.5 Å². The zero-order chi connectivity index (χ0) is 16.8. The van der Waals surface area contributed by atoms with Crippen LogP contribution in [-0.2, 0) is 0 Å². The molecule has 0 saturated heterocycles. The van der Waals surface area contributed by atoms with Crippen LogP contribution in [0.15, 0.2) is 28.8 Å². The molecule has 0 bridgehead atoms. The third-order valence-electron chi connectivity index (χ3n) is 5.22. The Labute approximate surface area is 149 Å². The molecule has 1 fully saturated rings. The highest BCUT2D eigenvalue weighted by molar-refractivity contribution is 6.33. The van der Waals surface area contributed by atoms with E-state index in [0.29, 0.717) is 16.8 Å². The average Bonchev–Trinajstić information content (AvgIpc) is 3.09. The second-order valence-corrected chi connectivity index (χ2v) is 7.41. The van der Waals surface area contributed by atoms with Gasteiger partial charge >= 0.3 is 0 Å². The molecule has 0 aliphatic heterocycles. The second kappa shape index (κ2) is 8.66. The molecule has 1 heterocycles. The van der Waals surface area contributed by atoms with E-state index in [0.717, 1.165) is 17.3 Å². The molecule has 4 heteroatoms. The van der Waals surface area contributed by atoms with Crippen LogP contribution in [0.5, 0.6) is 0 Å². The lowest BCUT2D eigenvalue weighted by molar-refractivity contribution is 0.291. The van der Waals surface area contributed by atoms with Gasteiger partial charge in [0, 0.05) is 5.92 Å². The van der Waals surface area contributed by atoms with Crippen LogP contribution >= 0.6 is 11.6 Å². The quantitative estimate of drug-likeness (QED) is 0.528. The van der Waals surface area contributed by atoms with Crippen LogP contribution in [-0.4, -0.2) is 10.1 Å². The number of benzene rings is 1. The van der Waals surface area contributed by atoms with Crippen LogP contribution in [0, 0.1) is 5.92 Å². The molecule has 0 spiro atoms. The Balaban J connectivity index is 1.53. The van der Waals surface area contributed by atoms with E-state index in [-0.39, 0.29) is 0 Å². The standard InChI is InChI=1S/C20H27ClN2O/c1-2-3-4-5-8-15-11-13-16(14-12-15)19-22-20(24-23-19)17-9-6-7-10-18(17)21/h6-7,9-10,15-16H,2-5,8,11-14H2,1H3. The summed E-state index contributed by atoms with van der Waals surface area (Å²) in [7, 11) is 0. The van der Waals surface area contributed by atoms with Crippen molar-refractivity contribution in [3.05, 3.63) is 35.1 Å². The van der Waals surface area contributed by atoms with Gasteiger partial charge in [0.1, 0.15) is 0 Å². The van der Waals surface area contributed by atoms with Crippen molar-refractivity contribution in [3.63, 3.8) is 0 Å². The summed E-state index contributed by atoms with van der Waals surface area (Å²) in [5.74, 6) is 2.73. The van der Waals surface area contributed by atoms with Crippen molar-refractivity contribution < 1.29 is 4.52 Å². The lowest BCUT2D eigenvalue weighted by Gasteiger charge is -2.26. The maximum absolute atomic E-state index is 6.22. The van der Waals surface area contributed by atoms with E-state index in [1.807, 2.05) is 24.3 Å². The first-order valence-electron chi connectivity index (χ1n) is 9.36. The normalized spacial score (nSPS) is 21.1. The predicted octanol–water partition coefficient (Wildman–Crippen LogP) is 6.63. The van der Waals surface area contributed by atoms with Gasteiger partial charge in [-0.25, -0.2) is 0 Å². The molecule has 1 aliphatic rings. The van der Waals surface area contributed by atoms with Gasteiger partial charge in [-0.1, -0.05) is 67.9 Å². The molecule has 0 unspecified atom stereocenters. The van der Waals surface area contributed by atoms with Crippen LogP contribution in [0.4, 0.5) is 0 Å². The summed E-state index contributed by atoms with van der Waals surface area (Å²) in [5.41, 5.74) is 0.822. The van der Waals surface area contributed by atoms with Crippen molar-refractivity contribution in [2.75, 3.05) is 0 Å². The first-order valence-corrected chi connectivity index (χ1v) is 9.74. The molecule has 1 saturated carbocycles. The van der Waals surface area contributed by atoms with Gasteiger partial charge in [-0.05, 0) is 43.7 Å². The third-order valence-corrected chi connectivity index (χ3v) is 5.55. The van der Waals surface area contributed by atoms with Crippen molar-refractivity contribution in [2.45, 2.75) is 70.6 Å². The highest BCUT2D eigenvalue weighted by Crippen LogP contribution is 2.37. The zero-order valence-corrected chi connectivity index (χ0v) is 15.3. The molecule has 3 rings (SSSR count). The molecule has 1 aromatic carbocycles. The number of hydrogen-bond acceptors (Lipinski definition) is 3. The van der Waals surface area contributed by atoms with Crippen LogP contribution in [0.25, 0.3) is 11.5 Å². The largest absolute Gasteiger partial charge is 0.334 e. The fourth-order valence-corrected chi connectivity index (χ4v) is 3.93. The smallest absolute Gasteiger partial charge is 0.259 e. The number of unbranched alkanes of at least 4 members (excludes halogenated alkanes) is 3. The lowest BCUT2D eigenvalue weighted by Crippen LogP contribution is -2.14. The summed E-state index contributed by atoms with van der Waals surface area (Å²) in [6.07, 6.45) is 11.8. The minimum absolute atomic E-state index is 0.442. The Hall–Kier alpha value is -1.35. The molecular weight excluding hydrogens is 320 g/mol. The zero-order valence-electron chi connectivity index (χ0n) is 14.5. The summed E-state index contributed by atoms with van der Waals surface area (Å²) in [5, 5.41) is 4.88. The van der Waals surface area contributed by atoms with E-state index in [2.05, 4.69) is 17.1 Å². The maximum Gasteiger partial charge on any atom is 0.259 e. The summed E-state index contributed by atoms with van der Waals surface area (Å²) in [6.45, 7) is 2.27. The van der Waals surface area contributed by atoms with Crippen molar-refractivity contribution in [1.82, 2.24) is 10.1 Å². The number of rotatable bonds is 7. The molecule has 1 aromatic heterocycles. The van der Waals surface area contributed by atoms with Crippen molar-refractivity contribution >= 4 is 11.6 Å². The first-order chi connectivity index (χ1) is 11.8. The van der Waals surface area contributed by atoms with Gasteiger partial charge < -0.3 is 4.52 Å². The summed E-state index contributed by atoms with van der Waals surface area (Å²) in [4.78, 5) is 4.61. The van der Waals surface area contributed by atoms with E-state index in [1.54, 1.807) is 0 Å².